The predicted molar refractivity (Wildman–Crippen MR) is 75.0 cm³/mol. The number of halogens is 2. The SMILES string of the molecule is Cc1cnc(CN(C)Cc2ccc(Cl)c(Cl)c2)[nH]1. The smallest absolute Gasteiger partial charge is 0.120 e. The molecule has 0 amide bonds. The topological polar surface area (TPSA) is 31.9 Å². The molecule has 1 aromatic carbocycles. The van der Waals surface area contributed by atoms with Gasteiger partial charge in [0.25, 0.3) is 0 Å². The second-order valence-electron chi connectivity index (χ2n) is 4.43. The van der Waals surface area contributed by atoms with Gasteiger partial charge >= 0.3 is 0 Å². The minimum absolute atomic E-state index is 0.588. The molecule has 0 aliphatic heterocycles. The average molecular weight is 284 g/mol. The minimum atomic E-state index is 0.588. The molecule has 0 spiro atoms. The highest BCUT2D eigenvalue weighted by Crippen LogP contribution is 2.23. The fourth-order valence-electron chi connectivity index (χ4n) is 1.81. The van der Waals surface area contributed by atoms with Gasteiger partial charge in [-0.1, -0.05) is 29.3 Å². The Labute approximate surface area is 117 Å². The largest absolute Gasteiger partial charge is 0.345 e. The van der Waals surface area contributed by atoms with Gasteiger partial charge in [0.15, 0.2) is 0 Å². The molecule has 0 atom stereocenters. The van der Waals surface area contributed by atoms with E-state index in [1.54, 1.807) is 0 Å². The molecule has 0 unspecified atom stereocenters. The first-order chi connectivity index (χ1) is 8.54. The maximum Gasteiger partial charge on any atom is 0.120 e. The lowest BCUT2D eigenvalue weighted by Gasteiger charge is -2.15. The van der Waals surface area contributed by atoms with Crippen LogP contribution in [-0.2, 0) is 13.1 Å². The Morgan fingerprint density at radius 3 is 2.61 bits per heavy atom. The van der Waals surface area contributed by atoms with Crippen molar-refractivity contribution in [3.63, 3.8) is 0 Å². The number of aryl methyl sites for hydroxylation is 1. The highest BCUT2D eigenvalue weighted by atomic mass is 35.5. The third-order valence-corrected chi connectivity index (χ3v) is 3.35. The van der Waals surface area contributed by atoms with Crippen LogP contribution in [0.2, 0.25) is 10.0 Å². The molecule has 0 aliphatic carbocycles. The van der Waals surface area contributed by atoms with E-state index in [0.717, 1.165) is 30.2 Å². The van der Waals surface area contributed by atoms with Crippen molar-refractivity contribution in [1.29, 1.82) is 0 Å². The number of rotatable bonds is 4. The van der Waals surface area contributed by atoms with Gasteiger partial charge in [-0.3, -0.25) is 4.90 Å². The molecule has 0 saturated carbocycles. The molecule has 96 valence electrons. The Morgan fingerprint density at radius 2 is 2.00 bits per heavy atom. The van der Waals surface area contributed by atoms with E-state index in [-0.39, 0.29) is 0 Å². The normalized spacial score (nSPS) is 11.2. The number of aromatic amines is 1. The molecule has 5 heteroatoms. The van der Waals surface area contributed by atoms with E-state index in [0.29, 0.717) is 10.0 Å². The molecule has 2 aromatic rings. The summed E-state index contributed by atoms with van der Waals surface area (Å²) in [6, 6.07) is 5.70. The summed E-state index contributed by atoms with van der Waals surface area (Å²) in [6.45, 7) is 3.57. The molecule has 2 rings (SSSR count). The zero-order chi connectivity index (χ0) is 13.1. The van der Waals surface area contributed by atoms with Crippen LogP contribution in [0.25, 0.3) is 0 Å². The number of imidazole rings is 1. The van der Waals surface area contributed by atoms with Gasteiger partial charge in [-0.25, -0.2) is 4.98 Å². The van der Waals surface area contributed by atoms with Crippen LogP contribution < -0.4 is 0 Å². The lowest BCUT2D eigenvalue weighted by atomic mass is 10.2. The van der Waals surface area contributed by atoms with Crippen molar-refractivity contribution in [3.05, 3.63) is 51.5 Å². The monoisotopic (exact) mass is 283 g/mol. The second-order valence-corrected chi connectivity index (χ2v) is 5.25. The van der Waals surface area contributed by atoms with E-state index in [1.165, 1.54) is 0 Å². The summed E-state index contributed by atoms with van der Waals surface area (Å²) in [7, 11) is 2.04. The van der Waals surface area contributed by atoms with E-state index >= 15 is 0 Å². The van der Waals surface area contributed by atoms with Crippen LogP contribution in [0.4, 0.5) is 0 Å². The number of hydrogen-bond donors (Lipinski definition) is 1. The van der Waals surface area contributed by atoms with E-state index in [9.17, 15) is 0 Å². The van der Waals surface area contributed by atoms with Gasteiger partial charge in [0.1, 0.15) is 5.82 Å². The Bertz CT molecular complexity index is 537. The Balaban J connectivity index is 1.98. The third-order valence-electron chi connectivity index (χ3n) is 2.61. The van der Waals surface area contributed by atoms with Gasteiger partial charge in [-0.05, 0) is 31.7 Å². The minimum Gasteiger partial charge on any atom is -0.345 e. The molecular formula is C13H15Cl2N3. The first-order valence-electron chi connectivity index (χ1n) is 5.67. The number of H-pyrrole nitrogens is 1. The van der Waals surface area contributed by atoms with Gasteiger partial charge < -0.3 is 4.98 Å². The van der Waals surface area contributed by atoms with E-state index in [4.69, 9.17) is 23.2 Å². The van der Waals surface area contributed by atoms with Gasteiger partial charge in [0, 0.05) is 18.4 Å². The van der Waals surface area contributed by atoms with Crippen molar-refractivity contribution in [2.24, 2.45) is 0 Å². The number of aromatic nitrogens is 2. The van der Waals surface area contributed by atoms with Crippen molar-refractivity contribution in [3.8, 4) is 0 Å². The van der Waals surface area contributed by atoms with E-state index in [1.807, 2.05) is 38.4 Å². The van der Waals surface area contributed by atoms with Gasteiger partial charge in [-0.15, -0.1) is 0 Å². The Kier molecular flexibility index (Phi) is 4.27. The summed E-state index contributed by atoms with van der Waals surface area (Å²) in [4.78, 5) is 9.66. The Morgan fingerprint density at radius 1 is 1.22 bits per heavy atom. The van der Waals surface area contributed by atoms with Crippen LogP contribution in [0.1, 0.15) is 17.1 Å². The number of nitrogens with one attached hydrogen (secondary N) is 1. The van der Waals surface area contributed by atoms with Crippen molar-refractivity contribution in [2.75, 3.05) is 7.05 Å². The number of hydrogen-bond acceptors (Lipinski definition) is 2. The Hall–Kier alpha value is -1.03. The number of benzene rings is 1. The molecule has 1 N–H and O–H groups in total. The van der Waals surface area contributed by atoms with Crippen LogP contribution >= 0.6 is 23.2 Å². The van der Waals surface area contributed by atoms with Crippen LogP contribution in [0.15, 0.2) is 24.4 Å². The summed E-state index contributed by atoms with van der Waals surface area (Å²) < 4.78 is 0. The maximum absolute atomic E-state index is 5.99. The fraction of sp³-hybridized carbons (Fsp3) is 0.308. The zero-order valence-electron chi connectivity index (χ0n) is 10.4. The van der Waals surface area contributed by atoms with Crippen LogP contribution in [0.3, 0.4) is 0 Å². The summed E-state index contributed by atoms with van der Waals surface area (Å²) in [5.41, 5.74) is 2.21. The lowest BCUT2D eigenvalue weighted by molar-refractivity contribution is 0.311. The lowest BCUT2D eigenvalue weighted by Crippen LogP contribution is -2.18. The molecule has 1 heterocycles. The standard InChI is InChI=1S/C13H15Cl2N3/c1-9-6-16-13(17-9)8-18(2)7-10-3-4-11(14)12(15)5-10/h3-6H,7-8H2,1-2H3,(H,16,17). The van der Waals surface area contributed by atoms with Gasteiger partial charge in [0.05, 0.1) is 16.6 Å². The molecule has 0 fully saturated rings. The van der Waals surface area contributed by atoms with Crippen molar-refractivity contribution >= 4 is 23.2 Å². The van der Waals surface area contributed by atoms with Crippen LogP contribution in [-0.4, -0.2) is 21.9 Å². The summed E-state index contributed by atoms with van der Waals surface area (Å²) in [6.07, 6.45) is 1.84. The molecule has 3 nitrogen and oxygen atoms in total. The molecule has 1 aromatic heterocycles. The maximum atomic E-state index is 5.99. The average Bonchev–Trinajstić information content (AvgIpc) is 2.69. The fourth-order valence-corrected chi connectivity index (χ4v) is 2.13. The summed E-state index contributed by atoms with van der Waals surface area (Å²) in [5, 5.41) is 1.18. The zero-order valence-corrected chi connectivity index (χ0v) is 11.9. The highest BCUT2D eigenvalue weighted by molar-refractivity contribution is 6.42. The van der Waals surface area contributed by atoms with Crippen molar-refractivity contribution in [2.45, 2.75) is 20.0 Å². The van der Waals surface area contributed by atoms with Gasteiger partial charge in [-0.2, -0.15) is 0 Å². The first-order valence-corrected chi connectivity index (χ1v) is 6.43. The highest BCUT2D eigenvalue weighted by Gasteiger charge is 2.06. The third kappa shape index (κ3) is 3.48. The molecule has 0 saturated heterocycles. The van der Waals surface area contributed by atoms with E-state index < -0.39 is 0 Å². The van der Waals surface area contributed by atoms with Crippen molar-refractivity contribution in [1.82, 2.24) is 14.9 Å². The van der Waals surface area contributed by atoms with Crippen molar-refractivity contribution < 1.29 is 0 Å². The summed E-state index contributed by atoms with van der Waals surface area (Å²) in [5.74, 6) is 0.968. The molecule has 0 radical (unpaired) electrons. The predicted octanol–water partition coefficient (Wildman–Crippen LogP) is 3.66. The van der Waals surface area contributed by atoms with Crippen LogP contribution in [0.5, 0.6) is 0 Å². The molecule has 0 bridgehead atoms. The van der Waals surface area contributed by atoms with E-state index in [2.05, 4.69) is 14.9 Å². The quantitative estimate of drug-likeness (QED) is 0.929. The summed E-state index contributed by atoms with van der Waals surface area (Å²) >= 11 is 11.9. The van der Waals surface area contributed by atoms with Crippen LogP contribution in [0, 0.1) is 6.92 Å². The second kappa shape index (κ2) is 5.74. The first kappa shape index (κ1) is 13.4. The molecule has 18 heavy (non-hydrogen) atoms. The number of nitrogens with zero attached hydrogens (tertiary/aromatic N) is 2. The molecular weight excluding hydrogens is 269 g/mol. The molecule has 0 aliphatic rings. The van der Waals surface area contributed by atoms with Gasteiger partial charge in [0.2, 0.25) is 0 Å².